The molecule has 4 rings (SSSR count). The molecule has 37 heavy (non-hydrogen) atoms. The van der Waals surface area contributed by atoms with Gasteiger partial charge in [-0.3, -0.25) is 14.1 Å². The minimum atomic E-state index is -2.16. The van der Waals surface area contributed by atoms with E-state index < -0.39 is 29.0 Å². The molecule has 3 unspecified atom stereocenters. The first kappa shape index (κ1) is 26.7. The van der Waals surface area contributed by atoms with E-state index in [4.69, 9.17) is 9.54 Å². The maximum Gasteiger partial charge on any atom is 0.259 e. The van der Waals surface area contributed by atoms with Crippen molar-refractivity contribution in [3.05, 3.63) is 117 Å². The Kier molecular flexibility index (Phi) is 9.16. The molecular weight excluding hydrogens is 509 g/mol. The van der Waals surface area contributed by atoms with Crippen LogP contribution in [0.3, 0.4) is 0 Å². The van der Waals surface area contributed by atoms with Crippen molar-refractivity contribution in [3.8, 4) is 0 Å². The van der Waals surface area contributed by atoms with E-state index in [1.165, 1.54) is 17.4 Å². The number of benzene rings is 3. The average molecular weight is 538 g/mol. The summed E-state index contributed by atoms with van der Waals surface area (Å²) in [5.41, 5.74) is 3.66. The molecule has 0 radical (unpaired) electrons. The van der Waals surface area contributed by atoms with Gasteiger partial charge in [-0.1, -0.05) is 67.6 Å². The largest absolute Gasteiger partial charge is 0.346 e. The predicted octanol–water partition coefficient (Wildman–Crippen LogP) is 5.82. The first-order valence-electron chi connectivity index (χ1n) is 11.9. The van der Waals surface area contributed by atoms with E-state index in [0.717, 1.165) is 28.2 Å². The summed E-state index contributed by atoms with van der Waals surface area (Å²) >= 11 is -0.674. The Morgan fingerprint density at radius 1 is 1.00 bits per heavy atom. The molecule has 4 aromatic rings. The molecule has 0 aliphatic rings. The van der Waals surface area contributed by atoms with Gasteiger partial charge >= 0.3 is 0 Å². The Balaban J connectivity index is 1.62. The molecule has 0 spiro atoms. The summed E-state index contributed by atoms with van der Waals surface area (Å²) < 4.78 is 37.4. The van der Waals surface area contributed by atoms with Gasteiger partial charge in [0.15, 0.2) is 0 Å². The zero-order chi connectivity index (χ0) is 26.2. The van der Waals surface area contributed by atoms with Crippen molar-refractivity contribution in [2.75, 3.05) is 4.72 Å². The molecule has 1 heterocycles. The highest BCUT2D eigenvalue weighted by molar-refractivity contribution is 7.80. The standard InChI is InChI=1S/C28H28FN3O3S2/c1-2-21-18-36-28(30-21)26(17-20-12-14-22(15-13-20)32-37(34)35)31-27(33)24(16-19-8-4-3-5-9-19)23-10-6-7-11-25(23)29/h3-15,18,24,26,32H,2,16-17H2,1H3,(H,31,33)(H,34,35). The lowest BCUT2D eigenvalue weighted by molar-refractivity contribution is -0.123. The molecule has 3 atom stereocenters. The zero-order valence-corrected chi connectivity index (χ0v) is 21.9. The van der Waals surface area contributed by atoms with Gasteiger partial charge in [-0.2, -0.15) is 0 Å². The number of nitrogens with one attached hydrogen (secondary N) is 2. The van der Waals surface area contributed by atoms with E-state index in [-0.39, 0.29) is 5.91 Å². The lowest BCUT2D eigenvalue weighted by atomic mass is 9.90. The van der Waals surface area contributed by atoms with Crippen molar-refractivity contribution in [1.82, 2.24) is 10.3 Å². The molecular formula is C28H28FN3O3S2. The molecule has 0 bridgehead atoms. The lowest BCUT2D eigenvalue weighted by Gasteiger charge is -2.23. The van der Waals surface area contributed by atoms with Gasteiger partial charge in [-0.25, -0.2) is 13.6 Å². The highest BCUT2D eigenvalue weighted by atomic mass is 32.2. The fraction of sp³-hybridized carbons (Fsp3) is 0.214. The van der Waals surface area contributed by atoms with E-state index in [9.17, 15) is 13.4 Å². The van der Waals surface area contributed by atoms with Gasteiger partial charge in [0.1, 0.15) is 10.8 Å². The van der Waals surface area contributed by atoms with Crippen LogP contribution in [-0.4, -0.2) is 19.7 Å². The monoisotopic (exact) mass is 537 g/mol. The Labute approximate surface area is 222 Å². The zero-order valence-electron chi connectivity index (χ0n) is 20.3. The maximum atomic E-state index is 14.9. The van der Waals surface area contributed by atoms with Crippen molar-refractivity contribution >= 4 is 34.2 Å². The van der Waals surface area contributed by atoms with Crippen molar-refractivity contribution in [3.63, 3.8) is 0 Å². The average Bonchev–Trinajstić information content (AvgIpc) is 3.38. The number of aryl methyl sites for hydroxylation is 1. The van der Waals surface area contributed by atoms with Crippen molar-refractivity contribution in [1.29, 1.82) is 0 Å². The number of rotatable bonds is 11. The maximum absolute atomic E-state index is 14.9. The number of carbonyl (C=O) groups excluding carboxylic acids is 1. The Morgan fingerprint density at radius 3 is 2.32 bits per heavy atom. The SMILES string of the molecule is CCc1csc(C(Cc2ccc(NS(=O)O)cc2)NC(=O)C(Cc2ccccc2)c2ccccc2F)n1. The minimum Gasteiger partial charge on any atom is -0.346 e. The molecule has 192 valence electrons. The first-order valence-corrected chi connectivity index (χ1v) is 13.9. The van der Waals surface area contributed by atoms with E-state index in [0.29, 0.717) is 24.1 Å². The highest BCUT2D eigenvalue weighted by Crippen LogP contribution is 2.28. The molecule has 0 aliphatic carbocycles. The molecule has 3 aromatic carbocycles. The number of hydrogen-bond acceptors (Lipinski definition) is 4. The summed E-state index contributed by atoms with van der Waals surface area (Å²) in [5, 5.41) is 5.91. The van der Waals surface area contributed by atoms with Crippen molar-refractivity contribution in [2.45, 2.75) is 38.1 Å². The van der Waals surface area contributed by atoms with Crippen LogP contribution < -0.4 is 10.0 Å². The van der Waals surface area contributed by atoms with Gasteiger partial charge in [0.25, 0.3) is 11.3 Å². The molecule has 6 nitrogen and oxygen atoms in total. The third kappa shape index (κ3) is 7.31. The molecule has 9 heteroatoms. The molecule has 0 saturated carbocycles. The quantitative estimate of drug-likeness (QED) is 0.210. The normalized spacial score (nSPS) is 13.5. The lowest BCUT2D eigenvalue weighted by Crippen LogP contribution is -2.35. The molecule has 3 N–H and O–H groups in total. The summed E-state index contributed by atoms with van der Waals surface area (Å²) in [6.45, 7) is 2.03. The minimum absolute atomic E-state index is 0.277. The van der Waals surface area contributed by atoms with Gasteiger partial charge in [-0.05, 0) is 48.6 Å². The number of anilines is 1. The third-order valence-corrected chi connectivity index (χ3v) is 7.44. The van der Waals surface area contributed by atoms with E-state index in [1.807, 2.05) is 54.8 Å². The molecule has 1 aromatic heterocycles. The molecule has 0 fully saturated rings. The number of hydrogen-bond donors (Lipinski definition) is 3. The smallest absolute Gasteiger partial charge is 0.259 e. The number of halogens is 1. The van der Waals surface area contributed by atoms with Gasteiger partial charge in [0.05, 0.1) is 17.7 Å². The Bertz CT molecular complexity index is 1350. The first-order chi connectivity index (χ1) is 17.9. The summed E-state index contributed by atoms with van der Waals surface area (Å²) in [5.74, 6) is -1.41. The van der Waals surface area contributed by atoms with E-state index in [2.05, 4.69) is 10.0 Å². The predicted molar refractivity (Wildman–Crippen MR) is 146 cm³/mol. The molecule has 1 amide bonds. The third-order valence-electron chi connectivity index (χ3n) is 6.03. The molecule has 0 saturated heterocycles. The number of aromatic nitrogens is 1. The van der Waals surface area contributed by atoms with Gasteiger partial charge in [-0.15, -0.1) is 11.3 Å². The van der Waals surface area contributed by atoms with Crippen LogP contribution in [0.5, 0.6) is 0 Å². The van der Waals surface area contributed by atoms with Gasteiger partial charge in [0.2, 0.25) is 5.91 Å². The van der Waals surface area contributed by atoms with Crippen molar-refractivity contribution < 1.29 is 17.9 Å². The van der Waals surface area contributed by atoms with Crippen LogP contribution in [0.25, 0.3) is 0 Å². The van der Waals surface area contributed by atoms with E-state index >= 15 is 0 Å². The van der Waals surface area contributed by atoms with Crippen LogP contribution in [-0.2, 0) is 35.3 Å². The van der Waals surface area contributed by atoms with Crippen LogP contribution in [0.4, 0.5) is 10.1 Å². The van der Waals surface area contributed by atoms with Crippen LogP contribution in [0.15, 0.2) is 84.2 Å². The summed E-state index contributed by atoms with van der Waals surface area (Å²) in [7, 11) is 0. The number of nitrogens with zero attached hydrogens (tertiary/aromatic N) is 1. The second-order valence-corrected chi connectivity index (χ2v) is 10.2. The fourth-order valence-corrected chi connectivity index (χ4v) is 5.40. The second kappa shape index (κ2) is 12.7. The van der Waals surface area contributed by atoms with Gasteiger partial charge < -0.3 is 5.32 Å². The van der Waals surface area contributed by atoms with E-state index in [1.54, 1.807) is 30.3 Å². The fourth-order valence-electron chi connectivity index (χ4n) is 4.11. The number of thiazole rings is 1. The number of amides is 1. The second-order valence-electron chi connectivity index (χ2n) is 8.61. The van der Waals surface area contributed by atoms with Crippen molar-refractivity contribution in [2.24, 2.45) is 0 Å². The number of carbonyl (C=O) groups is 1. The summed E-state index contributed by atoms with van der Waals surface area (Å²) in [6, 6.07) is 22.6. The topological polar surface area (TPSA) is 91.3 Å². The van der Waals surface area contributed by atoms with Crippen LogP contribution in [0.2, 0.25) is 0 Å². The van der Waals surface area contributed by atoms with Gasteiger partial charge in [0, 0.05) is 16.6 Å². The van der Waals surface area contributed by atoms with Crippen LogP contribution >= 0.6 is 11.3 Å². The summed E-state index contributed by atoms with van der Waals surface area (Å²) in [6.07, 6.45) is 1.60. The summed E-state index contributed by atoms with van der Waals surface area (Å²) in [4.78, 5) is 18.5. The Hall–Kier alpha value is -3.40. The molecule has 0 aliphatic heterocycles. The Morgan fingerprint density at radius 2 is 1.68 bits per heavy atom. The highest BCUT2D eigenvalue weighted by Gasteiger charge is 2.28. The van der Waals surface area contributed by atoms with Crippen LogP contribution in [0, 0.1) is 5.82 Å². The van der Waals surface area contributed by atoms with Crippen LogP contribution in [0.1, 0.15) is 46.3 Å².